The summed E-state index contributed by atoms with van der Waals surface area (Å²) < 4.78 is 0. The summed E-state index contributed by atoms with van der Waals surface area (Å²) in [6.07, 6.45) is 3.43. The maximum absolute atomic E-state index is 8.98. The van der Waals surface area contributed by atoms with Gasteiger partial charge in [-0.2, -0.15) is 5.26 Å². The second kappa shape index (κ2) is 4.80. The lowest BCUT2D eigenvalue weighted by atomic mass is 10.1. The van der Waals surface area contributed by atoms with Crippen molar-refractivity contribution in [1.29, 1.82) is 5.26 Å². The smallest absolute Gasteiger partial charge is 0.105 e. The van der Waals surface area contributed by atoms with Gasteiger partial charge in [0.05, 0.1) is 11.3 Å². The zero-order valence-electron chi connectivity index (χ0n) is 9.48. The molecule has 3 heteroatoms. The minimum absolute atomic E-state index is 0.647. The Morgan fingerprint density at radius 3 is 2.88 bits per heavy atom. The van der Waals surface area contributed by atoms with Gasteiger partial charge in [0.25, 0.3) is 0 Å². The monoisotopic (exact) mass is 213 g/mol. The van der Waals surface area contributed by atoms with Crippen LogP contribution in [0.15, 0.2) is 29.3 Å². The molecule has 0 aliphatic carbocycles. The molecule has 16 heavy (non-hydrogen) atoms. The number of hydrogen-bond donors (Lipinski definition) is 0. The molecule has 1 aromatic carbocycles. The van der Waals surface area contributed by atoms with E-state index < -0.39 is 0 Å². The van der Waals surface area contributed by atoms with Crippen molar-refractivity contribution in [2.75, 3.05) is 13.6 Å². The third kappa shape index (κ3) is 2.22. The first-order valence-corrected chi connectivity index (χ1v) is 5.59. The van der Waals surface area contributed by atoms with E-state index in [2.05, 4.69) is 23.0 Å². The number of amidine groups is 1. The van der Waals surface area contributed by atoms with E-state index in [4.69, 9.17) is 5.26 Å². The highest BCUT2D eigenvalue weighted by molar-refractivity contribution is 5.85. The molecular formula is C13H15N3. The molecule has 0 spiro atoms. The highest BCUT2D eigenvalue weighted by atomic mass is 15.2. The Hall–Kier alpha value is -1.82. The predicted octanol–water partition coefficient (Wildman–Crippen LogP) is 2.70. The van der Waals surface area contributed by atoms with E-state index in [1.54, 1.807) is 0 Å². The van der Waals surface area contributed by atoms with Gasteiger partial charge in [0, 0.05) is 20.0 Å². The summed E-state index contributed by atoms with van der Waals surface area (Å²) in [5.41, 5.74) is 1.43. The molecule has 1 saturated heterocycles. The molecule has 0 aromatic heterocycles. The lowest BCUT2D eigenvalue weighted by Gasteiger charge is -2.26. The Kier molecular flexibility index (Phi) is 3.21. The van der Waals surface area contributed by atoms with E-state index >= 15 is 0 Å². The Morgan fingerprint density at radius 2 is 2.12 bits per heavy atom. The van der Waals surface area contributed by atoms with E-state index in [9.17, 15) is 0 Å². The van der Waals surface area contributed by atoms with Gasteiger partial charge < -0.3 is 4.90 Å². The third-order valence-corrected chi connectivity index (χ3v) is 2.86. The minimum Gasteiger partial charge on any atom is -0.363 e. The van der Waals surface area contributed by atoms with Gasteiger partial charge in [-0.3, -0.25) is 0 Å². The number of likely N-dealkylation sites (tertiary alicyclic amines) is 1. The number of para-hydroxylation sites is 1. The molecule has 0 N–H and O–H groups in total. The fraction of sp³-hybridized carbons (Fsp3) is 0.385. The van der Waals surface area contributed by atoms with Crippen LogP contribution in [0.3, 0.4) is 0 Å². The SMILES string of the molecule is CN1CCCCC1=Nc1ccccc1C#N. The van der Waals surface area contributed by atoms with Crippen molar-refractivity contribution in [3.05, 3.63) is 29.8 Å². The summed E-state index contributed by atoms with van der Waals surface area (Å²) in [7, 11) is 2.06. The van der Waals surface area contributed by atoms with Gasteiger partial charge in [-0.05, 0) is 25.0 Å². The summed E-state index contributed by atoms with van der Waals surface area (Å²) >= 11 is 0. The number of aliphatic imine (C=N–C) groups is 1. The van der Waals surface area contributed by atoms with Crippen molar-refractivity contribution in [2.24, 2.45) is 4.99 Å². The van der Waals surface area contributed by atoms with Crippen molar-refractivity contribution in [3.63, 3.8) is 0 Å². The first kappa shape index (κ1) is 10.7. The quantitative estimate of drug-likeness (QED) is 0.719. The van der Waals surface area contributed by atoms with Gasteiger partial charge in [-0.15, -0.1) is 0 Å². The predicted molar refractivity (Wildman–Crippen MR) is 64.7 cm³/mol. The fourth-order valence-corrected chi connectivity index (χ4v) is 1.90. The molecular weight excluding hydrogens is 198 g/mol. The lowest BCUT2D eigenvalue weighted by Crippen LogP contribution is -2.31. The molecule has 0 bridgehead atoms. The number of hydrogen-bond acceptors (Lipinski definition) is 2. The van der Waals surface area contributed by atoms with Crippen LogP contribution in [0.2, 0.25) is 0 Å². The molecule has 1 aliphatic rings. The highest BCUT2D eigenvalue weighted by Gasteiger charge is 2.12. The Morgan fingerprint density at radius 1 is 1.31 bits per heavy atom. The van der Waals surface area contributed by atoms with Gasteiger partial charge >= 0.3 is 0 Å². The van der Waals surface area contributed by atoms with Crippen LogP contribution in [0.5, 0.6) is 0 Å². The molecule has 0 saturated carbocycles. The summed E-state index contributed by atoms with van der Waals surface area (Å²) in [5.74, 6) is 1.09. The van der Waals surface area contributed by atoms with Crippen LogP contribution in [0, 0.1) is 11.3 Å². The summed E-state index contributed by atoms with van der Waals surface area (Å²) in [5, 5.41) is 8.98. The Balaban J connectivity index is 2.31. The normalized spacial score (nSPS) is 18.5. The van der Waals surface area contributed by atoms with Crippen LogP contribution in [0.1, 0.15) is 24.8 Å². The van der Waals surface area contributed by atoms with Crippen molar-refractivity contribution in [2.45, 2.75) is 19.3 Å². The molecule has 0 atom stereocenters. The number of benzene rings is 1. The van der Waals surface area contributed by atoms with Gasteiger partial charge in [0.1, 0.15) is 11.9 Å². The number of rotatable bonds is 1. The molecule has 0 radical (unpaired) electrons. The van der Waals surface area contributed by atoms with Gasteiger partial charge in [-0.1, -0.05) is 12.1 Å². The van der Waals surface area contributed by atoms with E-state index in [0.29, 0.717) is 5.56 Å². The molecule has 2 rings (SSSR count). The highest BCUT2D eigenvalue weighted by Crippen LogP contribution is 2.20. The van der Waals surface area contributed by atoms with Crippen LogP contribution in [0.25, 0.3) is 0 Å². The van der Waals surface area contributed by atoms with Crippen molar-refractivity contribution >= 4 is 11.5 Å². The largest absolute Gasteiger partial charge is 0.363 e. The molecule has 1 fully saturated rings. The van der Waals surface area contributed by atoms with Gasteiger partial charge in [0.2, 0.25) is 0 Å². The van der Waals surface area contributed by atoms with Crippen LogP contribution in [0.4, 0.5) is 5.69 Å². The number of piperidine rings is 1. The van der Waals surface area contributed by atoms with Crippen LogP contribution in [-0.4, -0.2) is 24.3 Å². The van der Waals surface area contributed by atoms with Crippen LogP contribution >= 0.6 is 0 Å². The maximum Gasteiger partial charge on any atom is 0.105 e. The average Bonchev–Trinajstić information content (AvgIpc) is 2.33. The second-order valence-electron chi connectivity index (χ2n) is 4.04. The molecule has 1 aliphatic heterocycles. The summed E-state index contributed by atoms with van der Waals surface area (Å²) in [6, 6.07) is 9.67. The Bertz CT molecular complexity index is 443. The summed E-state index contributed by atoms with van der Waals surface area (Å²) in [6.45, 7) is 1.06. The van der Waals surface area contributed by atoms with Crippen molar-refractivity contribution in [3.8, 4) is 6.07 Å². The molecule has 0 unspecified atom stereocenters. The first-order chi connectivity index (χ1) is 7.81. The molecule has 1 aromatic rings. The number of nitriles is 1. The zero-order valence-corrected chi connectivity index (χ0v) is 9.48. The van der Waals surface area contributed by atoms with E-state index in [1.807, 2.05) is 24.3 Å². The van der Waals surface area contributed by atoms with Gasteiger partial charge in [-0.25, -0.2) is 4.99 Å². The standard InChI is InChI=1S/C13H15N3/c1-16-9-5-4-8-13(16)15-12-7-3-2-6-11(12)10-14/h2-3,6-7H,4-5,8-9H2,1H3. The maximum atomic E-state index is 8.98. The molecule has 82 valence electrons. The molecule has 0 amide bonds. The first-order valence-electron chi connectivity index (χ1n) is 5.59. The average molecular weight is 213 g/mol. The number of nitrogens with zero attached hydrogens (tertiary/aromatic N) is 3. The zero-order chi connectivity index (χ0) is 11.4. The molecule has 1 heterocycles. The minimum atomic E-state index is 0.647. The van der Waals surface area contributed by atoms with Crippen molar-refractivity contribution in [1.82, 2.24) is 4.90 Å². The van der Waals surface area contributed by atoms with E-state index in [-0.39, 0.29) is 0 Å². The second-order valence-corrected chi connectivity index (χ2v) is 4.04. The molecule has 3 nitrogen and oxygen atoms in total. The van der Waals surface area contributed by atoms with Crippen LogP contribution < -0.4 is 0 Å². The van der Waals surface area contributed by atoms with E-state index in [0.717, 1.165) is 24.5 Å². The Labute approximate surface area is 96.0 Å². The lowest BCUT2D eigenvalue weighted by molar-refractivity contribution is 0.434. The fourth-order valence-electron chi connectivity index (χ4n) is 1.90. The van der Waals surface area contributed by atoms with Gasteiger partial charge in [0.15, 0.2) is 0 Å². The topological polar surface area (TPSA) is 39.4 Å². The van der Waals surface area contributed by atoms with Crippen LogP contribution in [-0.2, 0) is 0 Å². The van der Waals surface area contributed by atoms with E-state index in [1.165, 1.54) is 12.8 Å². The third-order valence-electron chi connectivity index (χ3n) is 2.86. The summed E-state index contributed by atoms with van der Waals surface area (Å²) in [4.78, 5) is 6.77. The van der Waals surface area contributed by atoms with Crippen molar-refractivity contribution < 1.29 is 0 Å².